The Labute approximate surface area is 126 Å². The van der Waals surface area contributed by atoms with Gasteiger partial charge in [-0.05, 0) is 37.3 Å². The summed E-state index contributed by atoms with van der Waals surface area (Å²) in [6, 6.07) is 7.50. The minimum Gasteiger partial charge on any atom is -0.464 e. The number of aryl methyl sites for hydroxylation is 1. The van der Waals surface area contributed by atoms with Crippen molar-refractivity contribution in [1.82, 2.24) is 4.98 Å². The number of amides is 2. The number of aromatic nitrogens is 1. The maximum absolute atomic E-state index is 12.2. The zero-order chi connectivity index (χ0) is 16.3. The van der Waals surface area contributed by atoms with Crippen molar-refractivity contribution in [1.29, 1.82) is 0 Å². The molecule has 0 fully saturated rings. The summed E-state index contributed by atoms with van der Waals surface area (Å²) >= 11 is 0. The molecule has 1 heterocycles. The molecule has 2 aromatic rings. The molecule has 1 aromatic carbocycles. The largest absolute Gasteiger partial charge is 0.464 e. The SMILES string of the molecule is COC(=O)c1[nH]c(C)cc1NC(=O)c1ccc(C(N)=O)cc1. The number of aromatic amines is 1. The lowest BCUT2D eigenvalue weighted by molar-refractivity contribution is 0.0595. The van der Waals surface area contributed by atoms with E-state index in [0.717, 1.165) is 0 Å². The van der Waals surface area contributed by atoms with E-state index in [2.05, 4.69) is 15.0 Å². The Morgan fingerprint density at radius 2 is 1.73 bits per heavy atom. The van der Waals surface area contributed by atoms with Crippen molar-refractivity contribution in [3.63, 3.8) is 0 Å². The molecule has 0 bridgehead atoms. The third-order valence-corrected chi connectivity index (χ3v) is 3.02. The van der Waals surface area contributed by atoms with Gasteiger partial charge in [0.15, 0.2) is 0 Å². The third-order valence-electron chi connectivity index (χ3n) is 3.02. The Hall–Kier alpha value is -3.09. The van der Waals surface area contributed by atoms with Gasteiger partial charge < -0.3 is 20.8 Å². The van der Waals surface area contributed by atoms with E-state index in [1.165, 1.54) is 31.4 Å². The average molecular weight is 301 g/mol. The van der Waals surface area contributed by atoms with Crippen LogP contribution in [0.2, 0.25) is 0 Å². The number of primary amides is 1. The number of ether oxygens (including phenoxy) is 1. The average Bonchev–Trinajstić information content (AvgIpc) is 2.87. The van der Waals surface area contributed by atoms with Crippen LogP contribution < -0.4 is 11.1 Å². The summed E-state index contributed by atoms with van der Waals surface area (Å²) in [4.78, 5) is 37.6. The molecule has 0 spiro atoms. The number of nitrogens with one attached hydrogen (secondary N) is 2. The highest BCUT2D eigenvalue weighted by Crippen LogP contribution is 2.19. The van der Waals surface area contributed by atoms with Crippen LogP contribution in [0.25, 0.3) is 0 Å². The van der Waals surface area contributed by atoms with Crippen LogP contribution in [0.1, 0.15) is 36.9 Å². The maximum Gasteiger partial charge on any atom is 0.356 e. The minimum atomic E-state index is -0.576. The van der Waals surface area contributed by atoms with Gasteiger partial charge in [-0.3, -0.25) is 9.59 Å². The molecule has 1 aromatic heterocycles. The molecule has 0 aliphatic carbocycles. The number of nitrogens with two attached hydrogens (primary N) is 1. The van der Waals surface area contributed by atoms with E-state index >= 15 is 0 Å². The molecule has 22 heavy (non-hydrogen) atoms. The van der Waals surface area contributed by atoms with E-state index in [-0.39, 0.29) is 5.69 Å². The molecule has 2 amide bonds. The quantitative estimate of drug-likeness (QED) is 0.741. The van der Waals surface area contributed by atoms with Gasteiger partial charge in [0.1, 0.15) is 5.69 Å². The summed E-state index contributed by atoms with van der Waals surface area (Å²) in [6.45, 7) is 1.75. The van der Waals surface area contributed by atoms with Crippen molar-refractivity contribution < 1.29 is 19.1 Å². The predicted octanol–water partition coefficient (Wildman–Crippen LogP) is 1.46. The first kappa shape index (κ1) is 15.3. The Morgan fingerprint density at radius 1 is 1.14 bits per heavy atom. The van der Waals surface area contributed by atoms with Gasteiger partial charge in [-0.25, -0.2) is 4.79 Å². The van der Waals surface area contributed by atoms with Crippen molar-refractivity contribution in [2.45, 2.75) is 6.92 Å². The van der Waals surface area contributed by atoms with Gasteiger partial charge in [0.25, 0.3) is 5.91 Å². The van der Waals surface area contributed by atoms with Crippen molar-refractivity contribution >= 4 is 23.5 Å². The van der Waals surface area contributed by atoms with Gasteiger partial charge in [-0.1, -0.05) is 0 Å². The summed E-state index contributed by atoms with van der Waals surface area (Å²) in [5, 5.41) is 2.62. The molecule has 0 radical (unpaired) electrons. The molecular weight excluding hydrogens is 286 g/mol. The normalized spacial score (nSPS) is 10.1. The Morgan fingerprint density at radius 3 is 2.27 bits per heavy atom. The molecule has 2 rings (SSSR count). The lowest BCUT2D eigenvalue weighted by atomic mass is 10.1. The van der Waals surface area contributed by atoms with Crippen LogP contribution in [0.3, 0.4) is 0 Å². The number of carbonyl (C=O) groups is 3. The van der Waals surface area contributed by atoms with Crippen LogP contribution in [-0.4, -0.2) is 29.9 Å². The zero-order valence-corrected chi connectivity index (χ0v) is 12.1. The summed E-state index contributed by atoms with van der Waals surface area (Å²) in [5.74, 6) is -1.56. The van der Waals surface area contributed by atoms with Crippen molar-refractivity contribution in [2.75, 3.05) is 12.4 Å². The van der Waals surface area contributed by atoms with Crippen molar-refractivity contribution in [2.24, 2.45) is 5.73 Å². The molecule has 4 N–H and O–H groups in total. The minimum absolute atomic E-state index is 0.169. The van der Waals surface area contributed by atoms with E-state index in [1.54, 1.807) is 13.0 Å². The van der Waals surface area contributed by atoms with Crippen molar-refractivity contribution in [3.05, 3.63) is 52.8 Å². The number of hydrogen-bond acceptors (Lipinski definition) is 4. The maximum atomic E-state index is 12.2. The van der Waals surface area contributed by atoms with Gasteiger partial charge in [0.05, 0.1) is 12.8 Å². The lowest BCUT2D eigenvalue weighted by Crippen LogP contribution is -2.15. The number of benzene rings is 1. The predicted molar refractivity (Wildman–Crippen MR) is 79.8 cm³/mol. The van der Waals surface area contributed by atoms with E-state index in [1.807, 2.05) is 0 Å². The zero-order valence-electron chi connectivity index (χ0n) is 12.1. The number of carbonyl (C=O) groups excluding carboxylic acids is 3. The number of hydrogen-bond donors (Lipinski definition) is 3. The third kappa shape index (κ3) is 3.14. The molecule has 0 unspecified atom stereocenters. The van der Waals surface area contributed by atoms with E-state index < -0.39 is 17.8 Å². The number of rotatable bonds is 4. The monoisotopic (exact) mass is 301 g/mol. The molecule has 0 saturated carbocycles. The Kier molecular flexibility index (Phi) is 4.26. The van der Waals surface area contributed by atoms with Crippen LogP contribution >= 0.6 is 0 Å². The smallest absolute Gasteiger partial charge is 0.356 e. The molecule has 114 valence electrons. The number of anilines is 1. The van der Waals surface area contributed by atoms with Crippen LogP contribution in [0.4, 0.5) is 5.69 Å². The summed E-state index contributed by atoms with van der Waals surface area (Å²) in [6.07, 6.45) is 0. The second kappa shape index (κ2) is 6.13. The highest BCUT2D eigenvalue weighted by atomic mass is 16.5. The standard InChI is InChI=1S/C15H15N3O4/c1-8-7-11(12(17-8)15(21)22-2)18-14(20)10-5-3-9(4-6-10)13(16)19/h3-7,17H,1-2H3,(H2,16,19)(H,18,20). The molecule has 0 saturated heterocycles. The van der Waals surface area contributed by atoms with E-state index in [4.69, 9.17) is 5.73 Å². The second-order valence-corrected chi connectivity index (χ2v) is 4.63. The first-order valence-electron chi connectivity index (χ1n) is 6.41. The first-order chi connectivity index (χ1) is 10.4. The van der Waals surface area contributed by atoms with E-state index in [9.17, 15) is 14.4 Å². The van der Waals surface area contributed by atoms with Gasteiger partial charge in [0, 0.05) is 16.8 Å². The fourth-order valence-corrected chi connectivity index (χ4v) is 1.93. The van der Waals surface area contributed by atoms with Crippen LogP contribution in [0.5, 0.6) is 0 Å². The summed E-state index contributed by atoms with van der Waals surface area (Å²) in [7, 11) is 1.26. The van der Waals surface area contributed by atoms with Gasteiger partial charge >= 0.3 is 5.97 Å². The fraction of sp³-hybridized carbons (Fsp3) is 0.133. The van der Waals surface area contributed by atoms with Crippen molar-refractivity contribution in [3.8, 4) is 0 Å². The summed E-state index contributed by atoms with van der Waals surface area (Å²) < 4.78 is 4.65. The highest BCUT2D eigenvalue weighted by molar-refractivity contribution is 6.08. The van der Waals surface area contributed by atoms with Crippen LogP contribution in [-0.2, 0) is 4.74 Å². The van der Waals surface area contributed by atoms with Crippen LogP contribution in [0.15, 0.2) is 30.3 Å². The molecule has 7 nitrogen and oxygen atoms in total. The molecule has 7 heteroatoms. The van der Waals surface area contributed by atoms with Gasteiger partial charge in [0.2, 0.25) is 5.91 Å². The highest BCUT2D eigenvalue weighted by Gasteiger charge is 2.17. The number of methoxy groups -OCH3 is 1. The molecule has 0 aliphatic heterocycles. The van der Waals surface area contributed by atoms with Crippen LogP contribution in [0, 0.1) is 6.92 Å². The number of esters is 1. The number of H-pyrrole nitrogens is 1. The van der Waals surface area contributed by atoms with Gasteiger partial charge in [-0.15, -0.1) is 0 Å². The second-order valence-electron chi connectivity index (χ2n) is 4.63. The summed E-state index contributed by atoms with van der Waals surface area (Å²) in [5.41, 5.74) is 6.99. The molecule has 0 atom stereocenters. The molecule has 0 aliphatic rings. The Balaban J connectivity index is 2.22. The fourth-order valence-electron chi connectivity index (χ4n) is 1.93. The Bertz CT molecular complexity index is 732. The topological polar surface area (TPSA) is 114 Å². The lowest BCUT2D eigenvalue weighted by Gasteiger charge is -2.06. The molecular formula is C15H15N3O4. The first-order valence-corrected chi connectivity index (χ1v) is 6.41. The van der Waals surface area contributed by atoms with Gasteiger partial charge in [-0.2, -0.15) is 0 Å². The van der Waals surface area contributed by atoms with E-state index in [0.29, 0.717) is 22.5 Å².